The molecule has 0 saturated heterocycles. The summed E-state index contributed by atoms with van der Waals surface area (Å²) >= 11 is 3.36. The summed E-state index contributed by atoms with van der Waals surface area (Å²) in [5.41, 5.74) is 0.480. The zero-order chi connectivity index (χ0) is 12.1. The van der Waals surface area contributed by atoms with E-state index in [9.17, 15) is 8.42 Å². The van der Waals surface area contributed by atoms with Gasteiger partial charge in [0.05, 0.1) is 4.90 Å². The van der Waals surface area contributed by atoms with Crippen LogP contribution in [0.3, 0.4) is 0 Å². The zero-order valence-electron chi connectivity index (χ0n) is 9.49. The van der Waals surface area contributed by atoms with E-state index in [1.165, 1.54) is 4.31 Å². The van der Waals surface area contributed by atoms with Gasteiger partial charge in [0.2, 0.25) is 10.0 Å². The normalized spacial score (nSPS) is 19.8. The predicted octanol–water partition coefficient (Wildman–Crippen LogP) is 2.75. The van der Waals surface area contributed by atoms with Crippen LogP contribution in [0, 0.1) is 0 Å². The largest absolute Gasteiger partial charge is 0.244 e. The molecule has 0 radical (unpaired) electrons. The van der Waals surface area contributed by atoms with Crippen LogP contribution in [0.2, 0.25) is 0 Å². The minimum Gasteiger partial charge on any atom is -0.207 e. The Labute approximate surface area is 105 Å². The van der Waals surface area contributed by atoms with Crippen molar-refractivity contribution in [1.29, 1.82) is 0 Å². The van der Waals surface area contributed by atoms with Crippen molar-refractivity contribution >= 4 is 26.0 Å². The third kappa shape index (κ3) is 1.81. The topological polar surface area (TPSA) is 37.4 Å². The minimum atomic E-state index is -3.31. The Morgan fingerprint density at radius 1 is 1.31 bits per heavy atom. The summed E-state index contributed by atoms with van der Waals surface area (Å²) < 4.78 is 27.0. The second-order valence-electron chi connectivity index (χ2n) is 4.93. The van der Waals surface area contributed by atoms with Gasteiger partial charge in [0, 0.05) is 16.6 Å². The standard InChI is InChI=1S/C11H14BrNO2S/c1-11(2,3)13-7-8-6-9(12)4-5-10(8)16(13,14)15/h4-6H,7H2,1-3H3. The van der Waals surface area contributed by atoms with Crippen LogP contribution in [0.5, 0.6) is 0 Å². The Balaban J connectivity index is 2.59. The van der Waals surface area contributed by atoms with Gasteiger partial charge in [-0.3, -0.25) is 0 Å². The fourth-order valence-corrected chi connectivity index (χ4v) is 4.25. The highest BCUT2D eigenvalue weighted by molar-refractivity contribution is 9.10. The molecule has 1 aliphatic heterocycles. The minimum absolute atomic E-state index is 0.385. The van der Waals surface area contributed by atoms with Crippen molar-refractivity contribution in [2.24, 2.45) is 0 Å². The molecule has 1 aromatic rings. The maximum absolute atomic E-state index is 12.3. The molecule has 2 rings (SSSR count). The van der Waals surface area contributed by atoms with E-state index in [1.54, 1.807) is 12.1 Å². The zero-order valence-corrected chi connectivity index (χ0v) is 11.9. The second kappa shape index (κ2) is 3.55. The summed E-state index contributed by atoms with van der Waals surface area (Å²) in [5, 5.41) is 0. The van der Waals surface area contributed by atoms with Gasteiger partial charge in [-0.25, -0.2) is 8.42 Å². The van der Waals surface area contributed by atoms with Crippen LogP contribution in [-0.4, -0.2) is 18.3 Å². The van der Waals surface area contributed by atoms with Crippen molar-refractivity contribution in [2.45, 2.75) is 37.8 Å². The van der Waals surface area contributed by atoms with Gasteiger partial charge in [-0.2, -0.15) is 4.31 Å². The Morgan fingerprint density at radius 2 is 1.94 bits per heavy atom. The molecule has 0 aromatic heterocycles. The highest BCUT2D eigenvalue weighted by atomic mass is 79.9. The highest BCUT2D eigenvalue weighted by Gasteiger charge is 2.40. The average molecular weight is 304 g/mol. The number of rotatable bonds is 0. The molecule has 1 aromatic carbocycles. The van der Waals surface area contributed by atoms with Gasteiger partial charge in [-0.05, 0) is 44.5 Å². The summed E-state index contributed by atoms with van der Waals surface area (Å²) in [6.07, 6.45) is 0. The molecule has 0 amide bonds. The first-order valence-corrected chi connectivity index (χ1v) is 7.27. The number of hydrogen-bond acceptors (Lipinski definition) is 2. The molecular formula is C11H14BrNO2S. The van der Waals surface area contributed by atoms with Crippen molar-refractivity contribution in [3.8, 4) is 0 Å². The molecule has 88 valence electrons. The molecule has 3 nitrogen and oxygen atoms in total. The van der Waals surface area contributed by atoms with Crippen molar-refractivity contribution in [2.75, 3.05) is 0 Å². The number of nitrogens with zero attached hydrogens (tertiary/aromatic N) is 1. The van der Waals surface area contributed by atoms with Crippen LogP contribution < -0.4 is 0 Å². The third-order valence-electron chi connectivity index (χ3n) is 2.65. The monoisotopic (exact) mass is 303 g/mol. The van der Waals surface area contributed by atoms with Crippen LogP contribution in [0.15, 0.2) is 27.6 Å². The molecule has 0 N–H and O–H groups in total. The van der Waals surface area contributed by atoms with Gasteiger partial charge in [-0.1, -0.05) is 15.9 Å². The number of halogens is 1. The van der Waals surface area contributed by atoms with Crippen LogP contribution in [0.25, 0.3) is 0 Å². The van der Waals surface area contributed by atoms with E-state index < -0.39 is 10.0 Å². The van der Waals surface area contributed by atoms with E-state index in [-0.39, 0.29) is 5.54 Å². The fraction of sp³-hybridized carbons (Fsp3) is 0.455. The highest BCUT2D eigenvalue weighted by Crippen LogP contribution is 2.36. The first-order valence-electron chi connectivity index (χ1n) is 5.04. The van der Waals surface area contributed by atoms with E-state index >= 15 is 0 Å². The van der Waals surface area contributed by atoms with Crippen molar-refractivity contribution in [1.82, 2.24) is 4.31 Å². The molecule has 1 aliphatic rings. The fourth-order valence-electron chi connectivity index (χ4n) is 1.88. The molecule has 5 heteroatoms. The van der Waals surface area contributed by atoms with E-state index in [0.717, 1.165) is 10.0 Å². The summed E-state index contributed by atoms with van der Waals surface area (Å²) in [6.45, 7) is 6.18. The molecule has 0 fully saturated rings. The molecule has 0 atom stereocenters. The Kier molecular flexibility index (Phi) is 2.68. The lowest BCUT2D eigenvalue weighted by atomic mass is 10.1. The molecule has 0 spiro atoms. The van der Waals surface area contributed by atoms with Crippen LogP contribution >= 0.6 is 15.9 Å². The first-order chi connectivity index (χ1) is 7.23. The Morgan fingerprint density at radius 3 is 2.50 bits per heavy atom. The Hall–Kier alpha value is -0.390. The maximum atomic E-state index is 12.3. The van der Waals surface area contributed by atoms with Crippen LogP contribution in [0.1, 0.15) is 26.3 Å². The molecule has 0 bridgehead atoms. The smallest absolute Gasteiger partial charge is 0.207 e. The van der Waals surface area contributed by atoms with Crippen molar-refractivity contribution in [3.63, 3.8) is 0 Å². The van der Waals surface area contributed by atoms with Crippen LogP contribution in [-0.2, 0) is 16.6 Å². The van der Waals surface area contributed by atoms with Gasteiger partial charge in [0.1, 0.15) is 0 Å². The van der Waals surface area contributed by atoms with Crippen molar-refractivity contribution in [3.05, 3.63) is 28.2 Å². The van der Waals surface area contributed by atoms with Crippen LogP contribution in [0.4, 0.5) is 0 Å². The summed E-state index contributed by atoms with van der Waals surface area (Å²) in [7, 11) is -3.31. The van der Waals surface area contributed by atoms with E-state index in [1.807, 2.05) is 26.8 Å². The molecule has 1 heterocycles. The lowest BCUT2D eigenvalue weighted by molar-refractivity contribution is 0.252. The van der Waals surface area contributed by atoms with Gasteiger partial charge < -0.3 is 0 Å². The maximum Gasteiger partial charge on any atom is 0.244 e. The number of hydrogen-bond donors (Lipinski definition) is 0. The van der Waals surface area contributed by atoms with Gasteiger partial charge in [-0.15, -0.1) is 0 Å². The average Bonchev–Trinajstić information content (AvgIpc) is 2.36. The molecule has 0 saturated carbocycles. The van der Waals surface area contributed by atoms with Gasteiger partial charge in [0.25, 0.3) is 0 Å². The number of sulfonamides is 1. The summed E-state index contributed by atoms with van der Waals surface area (Å²) in [6, 6.07) is 5.31. The quantitative estimate of drug-likeness (QED) is 0.739. The van der Waals surface area contributed by atoms with E-state index in [0.29, 0.717) is 11.4 Å². The lowest BCUT2D eigenvalue weighted by Gasteiger charge is -2.29. The summed E-state index contributed by atoms with van der Waals surface area (Å²) in [5.74, 6) is 0. The van der Waals surface area contributed by atoms with Gasteiger partial charge in [0.15, 0.2) is 0 Å². The third-order valence-corrected chi connectivity index (χ3v) is 5.36. The lowest BCUT2D eigenvalue weighted by Crippen LogP contribution is -2.41. The second-order valence-corrected chi connectivity index (χ2v) is 7.68. The molecule has 16 heavy (non-hydrogen) atoms. The molecular weight excluding hydrogens is 290 g/mol. The predicted molar refractivity (Wildman–Crippen MR) is 66.6 cm³/mol. The molecule has 0 aliphatic carbocycles. The SMILES string of the molecule is CC(C)(C)N1Cc2cc(Br)ccc2S1(=O)=O. The number of fused-ring (bicyclic) bond motifs is 1. The van der Waals surface area contributed by atoms with E-state index in [4.69, 9.17) is 0 Å². The Bertz CT molecular complexity index is 531. The number of benzene rings is 1. The molecule has 0 unspecified atom stereocenters. The summed E-state index contributed by atoms with van der Waals surface area (Å²) in [4.78, 5) is 0.436. The first kappa shape index (κ1) is 12.1. The van der Waals surface area contributed by atoms with E-state index in [2.05, 4.69) is 15.9 Å². The van der Waals surface area contributed by atoms with Gasteiger partial charge >= 0.3 is 0 Å². The van der Waals surface area contributed by atoms with Crippen molar-refractivity contribution < 1.29 is 8.42 Å².